The number of rotatable bonds is 7. The fourth-order valence-corrected chi connectivity index (χ4v) is 5.32. The average Bonchev–Trinajstić information content (AvgIpc) is 2.83. The van der Waals surface area contributed by atoms with E-state index in [2.05, 4.69) is 48.3 Å². The molecule has 6 heteroatoms. The number of ketones is 1. The molecular formula is C28H30N2O3S. The smallest absolute Gasteiger partial charge is 0.211 e. The van der Waals surface area contributed by atoms with E-state index in [0.29, 0.717) is 31.5 Å². The van der Waals surface area contributed by atoms with Crippen LogP contribution in [0.2, 0.25) is 0 Å². The Bertz CT molecular complexity index is 1330. The quantitative estimate of drug-likeness (QED) is 0.444. The summed E-state index contributed by atoms with van der Waals surface area (Å²) < 4.78 is 25.1. The first-order chi connectivity index (χ1) is 16.2. The van der Waals surface area contributed by atoms with Crippen LogP contribution in [0.5, 0.6) is 0 Å². The molecule has 0 saturated heterocycles. The van der Waals surface area contributed by atoms with Gasteiger partial charge in [0.15, 0.2) is 5.78 Å². The minimum Gasteiger partial charge on any atom is -0.294 e. The van der Waals surface area contributed by atoms with Crippen LogP contribution in [-0.2, 0) is 10.0 Å². The highest BCUT2D eigenvalue weighted by Crippen LogP contribution is 2.33. The first-order valence-electron chi connectivity index (χ1n) is 11.5. The van der Waals surface area contributed by atoms with Crippen molar-refractivity contribution in [1.29, 1.82) is 0 Å². The molecule has 2 heterocycles. The number of pyridine rings is 1. The lowest BCUT2D eigenvalue weighted by molar-refractivity contribution is 0.0977. The van der Waals surface area contributed by atoms with Crippen molar-refractivity contribution >= 4 is 21.4 Å². The molecule has 0 saturated carbocycles. The molecule has 3 aromatic rings. The van der Waals surface area contributed by atoms with Crippen LogP contribution in [0, 0.1) is 13.8 Å². The minimum atomic E-state index is -3.17. The number of benzene rings is 2. The predicted molar refractivity (Wildman–Crippen MR) is 136 cm³/mol. The average molecular weight is 475 g/mol. The van der Waals surface area contributed by atoms with Crippen molar-refractivity contribution in [1.82, 2.24) is 9.29 Å². The third-order valence-electron chi connectivity index (χ3n) is 6.50. The number of hydrogen-bond acceptors (Lipinski definition) is 4. The summed E-state index contributed by atoms with van der Waals surface area (Å²) in [5, 5.41) is 0. The molecule has 1 aliphatic heterocycles. The van der Waals surface area contributed by atoms with Gasteiger partial charge in [-0.2, -0.15) is 4.31 Å². The molecule has 1 atom stereocenters. The maximum Gasteiger partial charge on any atom is 0.211 e. The summed E-state index contributed by atoms with van der Waals surface area (Å²) in [6.07, 6.45) is 5.99. The first kappa shape index (κ1) is 24.0. The van der Waals surface area contributed by atoms with Gasteiger partial charge in [0.05, 0.1) is 6.26 Å². The summed E-state index contributed by atoms with van der Waals surface area (Å²) in [4.78, 5) is 17.4. The third kappa shape index (κ3) is 5.51. The van der Waals surface area contributed by atoms with Gasteiger partial charge in [0, 0.05) is 42.9 Å². The second kappa shape index (κ2) is 10.0. The molecule has 176 valence electrons. The van der Waals surface area contributed by atoms with E-state index in [4.69, 9.17) is 0 Å². The van der Waals surface area contributed by atoms with E-state index in [0.717, 1.165) is 33.5 Å². The zero-order valence-corrected chi connectivity index (χ0v) is 20.7. The van der Waals surface area contributed by atoms with Crippen molar-refractivity contribution < 1.29 is 13.2 Å². The number of hydrogen-bond donors (Lipinski definition) is 0. The van der Waals surface area contributed by atoms with Gasteiger partial charge in [0.1, 0.15) is 0 Å². The third-order valence-corrected chi connectivity index (χ3v) is 7.77. The Kier molecular flexibility index (Phi) is 7.10. The number of aromatic nitrogens is 1. The van der Waals surface area contributed by atoms with Gasteiger partial charge in [-0.3, -0.25) is 9.78 Å². The van der Waals surface area contributed by atoms with Gasteiger partial charge >= 0.3 is 0 Å². The number of carbonyl (C=O) groups excluding carboxylic acids is 1. The lowest BCUT2D eigenvalue weighted by Gasteiger charge is -2.25. The SMILES string of the molecule is Cc1cc(C(=O)CC(c2ccc(C3=CCN(S(C)(=O)=O)CC3)cc2)c2ccccc2C)ccn1. The van der Waals surface area contributed by atoms with Gasteiger partial charge in [0.25, 0.3) is 0 Å². The van der Waals surface area contributed by atoms with Crippen molar-refractivity contribution in [3.8, 4) is 0 Å². The molecular weight excluding hydrogens is 444 g/mol. The standard InChI is InChI=1S/C28H30N2O3S/c1-20-6-4-5-7-26(20)27(19-28(31)25-12-15-29-21(2)18-25)24-10-8-22(9-11-24)23-13-16-30(17-14-23)34(3,32)33/h4-13,15,18,27H,14,16-17,19H2,1-3H3. The molecule has 34 heavy (non-hydrogen) atoms. The van der Waals surface area contributed by atoms with E-state index in [9.17, 15) is 13.2 Å². The normalized spacial score (nSPS) is 15.6. The van der Waals surface area contributed by atoms with Crippen molar-refractivity contribution in [2.24, 2.45) is 0 Å². The lowest BCUT2D eigenvalue weighted by Crippen LogP contribution is -2.33. The molecule has 1 aromatic heterocycles. The molecule has 0 radical (unpaired) electrons. The minimum absolute atomic E-state index is 0.0581. The highest BCUT2D eigenvalue weighted by Gasteiger charge is 2.23. The summed E-state index contributed by atoms with van der Waals surface area (Å²) in [7, 11) is -3.17. The van der Waals surface area contributed by atoms with Crippen LogP contribution in [0.15, 0.2) is 72.9 Å². The van der Waals surface area contributed by atoms with Crippen LogP contribution in [-0.4, -0.2) is 42.8 Å². The van der Waals surface area contributed by atoms with Crippen LogP contribution >= 0.6 is 0 Å². The Morgan fingerprint density at radius 1 is 1.06 bits per heavy atom. The second-order valence-corrected chi connectivity index (χ2v) is 10.9. The second-order valence-electron chi connectivity index (χ2n) is 8.94. The Hall–Kier alpha value is -3.09. The van der Waals surface area contributed by atoms with E-state index in [1.54, 1.807) is 12.3 Å². The summed E-state index contributed by atoms with van der Waals surface area (Å²) in [5.41, 5.74) is 7.16. The van der Waals surface area contributed by atoms with E-state index in [1.165, 1.54) is 10.6 Å². The number of sulfonamides is 1. The van der Waals surface area contributed by atoms with E-state index in [1.807, 2.05) is 31.2 Å². The van der Waals surface area contributed by atoms with Gasteiger partial charge in [-0.25, -0.2) is 8.42 Å². The predicted octanol–water partition coefficient (Wildman–Crippen LogP) is 5.15. The van der Waals surface area contributed by atoms with Crippen LogP contribution in [0.4, 0.5) is 0 Å². The van der Waals surface area contributed by atoms with Crippen molar-refractivity contribution in [2.45, 2.75) is 32.6 Å². The molecule has 4 rings (SSSR count). The highest BCUT2D eigenvalue weighted by molar-refractivity contribution is 7.88. The van der Waals surface area contributed by atoms with E-state index >= 15 is 0 Å². The maximum atomic E-state index is 13.2. The lowest BCUT2D eigenvalue weighted by atomic mass is 9.83. The molecule has 0 fully saturated rings. The molecule has 0 N–H and O–H groups in total. The summed E-state index contributed by atoms with van der Waals surface area (Å²) in [6.45, 7) is 4.88. The largest absolute Gasteiger partial charge is 0.294 e. The number of nitrogens with zero attached hydrogens (tertiary/aromatic N) is 2. The molecule has 5 nitrogen and oxygen atoms in total. The molecule has 1 aliphatic rings. The van der Waals surface area contributed by atoms with Crippen LogP contribution in [0.3, 0.4) is 0 Å². The fraction of sp³-hybridized carbons (Fsp3) is 0.286. The van der Waals surface area contributed by atoms with Crippen molar-refractivity contribution in [3.05, 3.63) is 106 Å². The monoisotopic (exact) mass is 474 g/mol. The Morgan fingerprint density at radius 3 is 2.41 bits per heavy atom. The molecule has 0 bridgehead atoms. The molecule has 0 aliphatic carbocycles. The molecule has 0 amide bonds. The topological polar surface area (TPSA) is 67.3 Å². The van der Waals surface area contributed by atoms with Crippen LogP contribution in [0.1, 0.15) is 57.1 Å². The van der Waals surface area contributed by atoms with E-state index < -0.39 is 10.0 Å². The number of carbonyl (C=O) groups is 1. The zero-order chi connectivity index (χ0) is 24.3. The summed E-state index contributed by atoms with van der Waals surface area (Å²) >= 11 is 0. The van der Waals surface area contributed by atoms with Crippen LogP contribution < -0.4 is 0 Å². The Balaban J connectivity index is 1.61. The van der Waals surface area contributed by atoms with Crippen molar-refractivity contribution in [2.75, 3.05) is 19.3 Å². The summed E-state index contributed by atoms with van der Waals surface area (Å²) in [6, 6.07) is 20.2. The fourth-order valence-electron chi connectivity index (χ4n) is 4.55. The maximum absolute atomic E-state index is 13.2. The molecule has 1 unspecified atom stereocenters. The van der Waals surface area contributed by atoms with Gasteiger partial charge in [-0.1, -0.05) is 54.6 Å². The highest BCUT2D eigenvalue weighted by atomic mass is 32.2. The van der Waals surface area contributed by atoms with Gasteiger partial charge in [0.2, 0.25) is 10.0 Å². The Labute approximate surface area is 202 Å². The number of Topliss-reactive ketones (excluding diaryl/α,β-unsaturated/α-hetero) is 1. The Morgan fingerprint density at radius 2 is 1.79 bits per heavy atom. The zero-order valence-electron chi connectivity index (χ0n) is 19.9. The van der Waals surface area contributed by atoms with Gasteiger partial charge in [-0.05, 0) is 60.2 Å². The van der Waals surface area contributed by atoms with E-state index in [-0.39, 0.29) is 11.7 Å². The van der Waals surface area contributed by atoms with Crippen molar-refractivity contribution in [3.63, 3.8) is 0 Å². The van der Waals surface area contributed by atoms with Gasteiger partial charge in [-0.15, -0.1) is 0 Å². The van der Waals surface area contributed by atoms with Crippen LogP contribution in [0.25, 0.3) is 5.57 Å². The number of aryl methyl sites for hydroxylation is 2. The first-order valence-corrected chi connectivity index (χ1v) is 13.3. The molecule has 0 spiro atoms. The van der Waals surface area contributed by atoms with Gasteiger partial charge < -0.3 is 0 Å². The molecule has 2 aromatic carbocycles. The summed E-state index contributed by atoms with van der Waals surface area (Å²) in [5.74, 6) is 0.0379.